The molecule has 0 saturated carbocycles. The highest BCUT2D eigenvalue weighted by Gasteiger charge is 2.41. The van der Waals surface area contributed by atoms with Gasteiger partial charge in [0.25, 0.3) is 0 Å². The summed E-state index contributed by atoms with van der Waals surface area (Å²) in [6.45, 7) is 0.638. The van der Waals surface area contributed by atoms with Gasteiger partial charge in [0.2, 0.25) is 0 Å². The highest BCUT2D eigenvalue weighted by molar-refractivity contribution is 6.30. The van der Waals surface area contributed by atoms with E-state index >= 15 is 0 Å². The second-order valence-corrected chi connectivity index (χ2v) is 6.21. The van der Waals surface area contributed by atoms with E-state index in [1.165, 1.54) is 12.8 Å². The lowest BCUT2D eigenvalue weighted by Gasteiger charge is -2.26. The summed E-state index contributed by atoms with van der Waals surface area (Å²) in [6, 6.07) is 8.00. The van der Waals surface area contributed by atoms with Gasteiger partial charge in [0.1, 0.15) is 5.60 Å². The van der Waals surface area contributed by atoms with Crippen molar-refractivity contribution in [1.29, 1.82) is 0 Å². The molecule has 0 amide bonds. The van der Waals surface area contributed by atoms with E-state index in [-0.39, 0.29) is 0 Å². The molecule has 1 aromatic carbocycles. The molecule has 1 saturated heterocycles. The summed E-state index contributed by atoms with van der Waals surface area (Å²) >= 11 is 5.91. The molecule has 1 heterocycles. The topological polar surface area (TPSA) is 32.3 Å². The summed E-state index contributed by atoms with van der Waals surface area (Å²) in [4.78, 5) is 0. The molecule has 0 spiro atoms. The van der Waals surface area contributed by atoms with E-state index in [1.54, 1.807) is 0 Å². The molecule has 3 heteroatoms. The van der Waals surface area contributed by atoms with Gasteiger partial charge in [0, 0.05) is 17.6 Å². The lowest BCUT2D eigenvalue weighted by molar-refractivity contribution is 0.0536. The fourth-order valence-corrected chi connectivity index (χ4v) is 3.43. The summed E-state index contributed by atoms with van der Waals surface area (Å²) in [5, 5.41) is 15.1. The van der Waals surface area contributed by atoms with Crippen LogP contribution in [0.25, 0.3) is 0 Å². The molecule has 1 aromatic rings. The maximum absolute atomic E-state index is 10.8. The largest absolute Gasteiger partial charge is 0.384 e. The average molecular weight is 278 g/mol. The summed E-state index contributed by atoms with van der Waals surface area (Å²) in [5.74, 6) is 0.659. The Hall–Kier alpha value is -0.830. The van der Waals surface area contributed by atoms with Gasteiger partial charge in [-0.25, -0.2) is 0 Å². The third-order valence-electron chi connectivity index (χ3n) is 4.47. The van der Waals surface area contributed by atoms with Crippen LogP contribution in [0.4, 0.5) is 0 Å². The second-order valence-electron chi connectivity index (χ2n) is 5.77. The van der Waals surface area contributed by atoms with Gasteiger partial charge in [-0.3, -0.25) is 0 Å². The average Bonchev–Trinajstić information content (AvgIpc) is 2.84. The molecule has 1 aliphatic heterocycles. The Kier molecular flexibility index (Phi) is 3.66. The number of allylic oxidation sites excluding steroid dienone is 2. The number of aliphatic hydroxyl groups is 1. The summed E-state index contributed by atoms with van der Waals surface area (Å²) in [7, 11) is 0. The van der Waals surface area contributed by atoms with Crippen LogP contribution in [0.1, 0.15) is 31.2 Å². The Bertz CT molecular complexity index is 470. The fourth-order valence-electron chi connectivity index (χ4n) is 3.30. The predicted molar refractivity (Wildman–Crippen MR) is 78.2 cm³/mol. The second kappa shape index (κ2) is 5.28. The minimum absolute atomic E-state index is 0.422. The number of hydrogen-bond donors (Lipinski definition) is 2. The van der Waals surface area contributed by atoms with Crippen LogP contribution in [0.3, 0.4) is 0 Å². The Morgan fingerprint density at radius 1 is 1.21 bits per heavy atom. The first kappa shape index (κ1) is 13.2. The molecule has 19 heavy (non-hydrogen) atoms. The van der Waals surface area contributed by atoms with Crippen LogP contribution in [-0.4, -0.2) is 17.7 Å². The predicted octanol–water partition coefficient (Wildman–Crippen LogP) is 3.25. The quantitative estimate of drug-likeness (QED) is 0.814. The molecule has 0 radical (unpaired) electrons. The monoisotopic (exact) mass is 277 g/mol. The van der Waals surface area contributed by atoms with Crippen molar-refractivity contribution in [1.82, 2.24) is 5.32 Å². The molecule has 0 aromatic heterocycles. The number of hydrogen-bond acceptors (Lipinski definition) is 2. The van der Waals surface area contributed by atoms with Gasteiger partial charge >= 0.3 is 0 Å². The SMILES string of the molecule is OC1(c2ccc(Cl)cc2)CNC(C2CC=CCC2)C1. The van der Waals surface area contributed by atoms with Crippen LogP contribution >= 0.6 is 11.6 Å². The third-order valence-corrected chi connectivity index (χ3v) is 4.73. The van der Waals surface area contributed by atoms with Crippen LogP contribution in [0.5, 0.6) is 0 Å². The molecule has 2 nitrogen and oxygen atoms in total. The van der Waals surface area contributed by atoms with Crippen molar-refractivity contribution in [2.45, 2.75) is 37.3 Å². The first-order valence-electron chi connectivity index (χ1n) is 7.04. The van der Waals surface area contributed by atoms with Crippen molar-refractivity contribution in [3.8, 4) is 0 Å². The van der Waals surface area contributed by atoms with Gasteiger partial charge in [0.15, 0.2) is 0 Å². The van der Waals surface area contributed by atoms with Crippen molar-refractivity contribution in [2.24, 2.45) is 5.92 Å². The van der Waals surface area contributed by atoms with Gasteiger partial charge in [-0.2, -0.15) is 0 Å². The van der Waals surface area contributed by atoms with Gasteiger partial charge < -0.3 is 10.4 Å². The van der Waals surface area contributed by atoms with Gasteiger partial charge in [-0.15, -0.1) is 0 Å². The molecular weight excluding hydrogens is 258 g/mol. The lowest BCUT2D eigenvalue weighted by Crippen LogP contribution is -2.30. The van der Waals surface area contributed by atoms with Crippen LogP contribution < -0.4 is 5.32 Å². The van der Waals surface area contributed by atoms with E-state index in [0.717, 1.165) is 18.4 Å². The zero-order chi connectivity index (χ0) is 13.3. The van der Waals surface area contributed by atoms with E-state index in [1.807, 2.05) is 24.3 Å². The Labute approximate surface area is 119 Å². The van der Waals surface area contributed by atoms with E-state index < -0.39 is 5.60 Å². The molecular formula is C16H20ClNO. The number of rotatable bonds is 2. The van der Waals surface area contributed by atoms with Gasteiger partial charge in [-0.1, -0.05) is 35.9 Å². The standard InChI is InChI=1S/C16H20ClNO/c17-14-8-6-13(7-9-14)16(19)10-15(18-11-16)12-4-2-1-3-5-12/h1-2,6-9,12,15,18-19H,3-5,10-11H2. The van der Waals surface area contributed by atoms with Crippen molar-refractivity contribution in [3.05, 3.63) is 47.0 Å². The molecule has 3 unspecified atom stereocenters. The number of β-amino-alcohol motifs (C(OH)–C–C–N with tert-alkyl or cyclic N) is 1. The molecule has 2 aliphatic rings. The molecule has 1 fully saturated rings. The van der Waals surface area contributed by atoms with Crippen LogP contribution in [0, 0.1) is 5.92 Å². The third kappa shape index (κ3) is 2.71. The Balaban J connectivity index is 1.73. The first-order chi connectivity index (χ1) is 9.17. The van der Waals surface area contributed by atoms with Crippen molar-refractivity contribution in [2.75, 3.05) is 6.54 Å². The Morgan fingerprint density at radius 3 is 2.68 bits per heavy atom. The first-order valence-corrected chi connectivity index (χ1v) is 7.42. The Morgan fingerprint density at radius 2 is 2.00 bits per heavy atom. The molecule has 102 valence electrons. The molecule has 1 aliphatic carbocycles. The zero-order valence-electron chi connectivity index (χ0n) is 11.0. The normalized spacial score (nSPS) is 34.6. The van der Waals surface area contributed by atoms with Crippen molar-refractivity contribution >= 4 is 11.6 Å². The molecule has 3 rings (SSSR count). The molecule has 3 atom stereocenters. The fraction of sp³-hybridized carbons (Fsp3) is 0.500. The van der Waals surface area contributed by atoms with E-state index in [0.29, 0.717) is 23.5 Å². The summed E-state index contributed by atoms with van der Waals surface area (Å²) < 4.78 is 0. The van der Waals surface area contributed by atoms with Crippen molar-refractivity contribution in [3.63, 3.8) is 0 Å². The summed E-state index contributed by atoms with van der Waals surface area (Å²) in [6.07, 6.45) is 8.86. The molecule has 2 N–H and O–H groups in total. The summed E-state index contributed by atoms with van der Waals surface area (Å²) in [5.41, 5.74) is 0.231. The highest BCUT2D eigenvalue weighted by atomic mass is 35.5. The van der Waals surface area contributed by atoms with Crippen LogP contribution in [0.15, 0.2) is 36.4 Å². The van der Waals surface area contributed by atoms with Gasteiger partial charge in [0.05, 0.1) is 0 Å². The lowest BCUT2D eigenvalue weighted by atomic mass is 9.83. The number of halogens is 1. The number of benzene rings is 1. The van der Waals surface area contributed by atoms with Crippen LogP contribution in [0.2, 0.25) is 5.02 Å². The highest BCUT2D eigenvalue weighted by Crippen LogP contribution is 2.36. The maximum atomic E-state index is 10.8. The zero-order valence-corrected chi connectivity index (χ0v) is 11.7. The number of nitrogens with one attached hydrogen (secondary N) is 1. The van der Waals surface area contributed by atoms with Crippen molar-refractivity contribution < 1.29 is 5.11 Å². The van der Waals surface area contributed by atoms with Crippen LogP contribution in [-0.2, 0) is 5.60 Å². The minimum Gasteiger partial charge on any atom is -0.384 e. The van der Waals surface area contributed by atoms with Gasteiger partial charge in [-0.05, 0) is 49.3 Å². The van der Waals surface area contributed by atoms with E-state index in [4.69, 9.17) is 11.6 Å². The smallest absolute Gasteiger partial charge is 0.103 e. The van der Waals surface area contributed by atoms with E-state index in [9.17, 15) is 5.11 Å². The maximum Gasteiger partial charge on any atom is 0.103 e. The molecule has 0 bridgehead atoms. The minimum atomic E-state index is -0.740. The van der Waals surface area contributed by atoms with E-state index in [2.05, 4.69) is 17.5 Å².